The predicted octanol–water partition coefficient (Wildman–Crippen LogP) is 5.44. The van der Waals surface area contributed by atoms with E-state index in [0.717, 1.165) is 24.8 Å². The van der Waals surface area contributed by atoms with E-state index in [1.807, 2.05) is 0 Å². The monoisotopic (exact) mass is 1030 g/mol. The molecule has 0 unspecified atom stereocenters. The molecule has 0 saturated heterocycles. The molecule has 2 aromatic carbocycles. The lowest BCUT2D eigenvalue weighted by molar-refractivity contribution is 0.390. The maximum absolute atomic E-state index is 13.5. The van der Waals surface area contributed by atoms with Crippen LogP contribution in [0, 0.1) is 11.6 Å². The Hall–Kier alpha value is -7.74. The summed E-state index contributed by atoms with van der Waals surface area (Å²) in [7, 11) is 1.93. The van der Waals surface area contributed by atoms with Crippen molar-refractivity contribution in [2.45, 2.75) is 61.5 Å². The zero-order chi connectivity index (χ0) is 52.1. The fourth-order valence-corrected chi connectivity index (χ4v) is 10.7. The molecule has 72 heavy (non-hydrogen) atoms. The maximum atomic E-state index is 13.5. The summed E-state index contributed by atoms with van der Waals surface area (Å²) in [6.07, 6.45) is 7.56. The van der Waals surface area contributed by atoms with Gasteiger partial charge in [0, 0.05) is 38.3 Å². The first kappa shape index (κ1) is 52.1. The van der Waals surface area contributed by atoms with E-state index in [-0.39, 0.29) is 23.3 Å². The largest absolute Gasteiger partial charge is 0.494 e. The molecule has 0 saturated carbocycles. The quantitative estimate of drug-likeness (QED) is 0.104. The minimum Gasteiger partial charge on any atom is -0.494 e. The molecule has 0 aliphatic carbocycles. The maximum Gasteiger partial charge on any atom is 0.189 e. The van der Waals surface area contributed by atoms with E-state index in [1.165, 1.54) is 28.4 Å². The number of aryl methyl sites for hydroxylation is 2. The topological polar surface area (TPSA) is 254 Å². The van der Waals surface area contributed by atoms with Crippen LogP contribution in [0.3, 0.4) is 0 Å². The van der Waals surface area contributed by atoms with Crippen molar-refractivity contribution in [3.63, 3.8) is 0 Å². The Balaban J connectivity index is 0.000000211. The van der Waals surface area contributed by atoms with Crippen molar-refractivity contribution in [3.05, 3.63) is 121 Å². The molecule has 0 radical (unpaired) electrons. The van der Waals surface area contributed by atoms with Gasteiger partial charge in [0.05, 0.1) is 63.7 Å². The first-order valence-corrected chi connectivity index (χ1v) is 25.4. The molecule has 0 aliphatic rings. The average Bonchev–Trinajstić information content (AvgIpc) is 4.20. The lowest BCUT2D eigenvalue weighted by atomic mass is 10.1. The third-order valence-corrected chi connectivity index (χ3v) is 16.3. The molecular formula is C46H52F2N14O8S2. The third kappa shape index (κ3) is 10.9. The van der Waals surface area contributed by atoms with Crippen molar-refractivity contribution in [1.29, 1.82) is 0 Å². The van der Waals surface area contributed by atoms with E-state index >= 15 is 0 Å². The normalized spacial score (nSPS) is 13.4. The first-order chi connectivity index (χ1) is 34.3. The summed E-state index contributed by atoms with van der Waals surface area (Å²) >= 11 is 0. The van der Waals surface area contributed by atoms with Gasteiger partial charge in [0.1, 0.15) is 68.9 Å². The van der Waals surface area contributed by atoms with E-state index in [0.29, 0.717) is 57.4 Å². The number of benzene rings is 2. The molecule has 0 spiro atoms. The second-order valence-electron chi connectivity index (χ2n) is 16.4. The van der Waals surface area contributed by atoms with Crippen LogP contribution in [0.25, 0.3) is 34.4 Å². The van der Waals surface area contributed by atoms with Crippen LogP contribution in [0.4, 0.5) is 8.78 Å². The molecule has 8 rings (SSSR count). The molecule has 0 N–H and O–H groups in total. The van der Waals surface area contributed by atoms with Gasteiger partial charge < -0.3 is 18.9 Å². The standard InChI is InChI=1S/2C23H26FN7O4S/c2*1-14(22-25-11-16(24)12-26-22)15(2)36(32,33)13-20-27-28-23(17-9-10-30(3)29-17)31(20)21-18(34-4)7-6-8-19(21)35-5/h2*6-12,14-15H,13H2,1-5H3/t2*14-,15-/m10/s1. The second-order valence-corrected chi connectivity index (χ2v) is 21.2. The second kappa shape index (κ2) is 21.7. The van der Waals surface area contributed by atoms with Crippen molar-refractivity contribution in [2.75, 3.05) is 28.4 Å². The summed E-state index contributed by atoms with van der Waals surface area (Å²) in [5, 5.41) is 24.1. The molecule has 0 amide bonds. The molecule has 6 heterocycles. The number of sulfone groups is 2. The van der Waals surface area contributed by atoms with E-state index in [1.54, 1.807) is 121 Å². The van der Waals surface area contributed by atoms with E-state index in [2.05, 4.69) is 50.5 Å². The Bertz CT molecular complexity index is 3120. The van der Waals surface area contributed by atoms with Crippen LogP contribution in [-0.2, 0) is 45.3 Å². The molecule has 380 valence electrons. The fraction of sp³-hybridized carbons (Fsp3) is 0.348. The minimum atomic E-state index is -3.81. The molecule has 22 nitrogen and oxygen atoms in total. The van der Waals surface area contributed by atoms with Crippen LogP contribution >= 0.6 is 0 Å². The smallest absolute Gasteiger partial charge is 0.189 e. The average molecular weight is 1030 g/mol. The zero-order valence-corrected chi connectivity index (χ0v) is 42.5. The van der Waals surface area contributed by atoms with Crippen molar-refractivity contribution < 1.29 is 44.6 Å². The van der Waals surface area contributed by atoms with Gasteiger partial charge in [0.25, 0.3) is 0 Å². The van der Waals surface area contributed by atoms with Crippen molar-refractivity contribution >= 4 is 19.7 Å². The van der Waals surface area contributed by atoms with Crippen LogP contribution in [0.5, 0.6) is 23.0 Å². The predicted molar refractivity (Wildman–Crippen MR) is 258 cm³/mol. The van der Waals surface area contributed by atoms with Gasteiger partial charge in [0.15, 0.2) is 54.6 Å². The van der Waals surface area contributed by atoms with Gasteiger partial charge in [-0.15, -0.1) is 20.4 Å². The molecule has 0 aliphatic heterocycles. The Labute approximate surface area is 413 Å². The number of ether oxygens (including phenoxy) is 4. The molecule has 4 atom stereocenters. The van der Waals surface area contributed by atoms with E-state index in [4.69, 9.17) is 18.9 Å². The van der Waals surface area contributed by atoms with Crippen LogP contribution in [-0.4, -0.2) is 125 Å². The first-order valence-electron chi connectivity index (χ1n) is 22.0. The van der Waals surface area contributed by atoms with Gasteiger partial charge in [-0.2, -0.15) is 10.2 Å². The Kier molecular flexibility index (Phi) is 15.7. The highest BCUT2D eigenvalue weighted by Crippen LogP contribution is 2.39. The summed E-state index contributed by atoms with van der Waals surface area (Å²) in [4.78, 5) is 15.8. The summed E-state index contributed by atoms with van der Waals surface area (Å²) in [5.41, 5.74) is 1.87. The van der Waals surface area contributed by atoms with Crippen LogP contribution in [0.2, 0.25) is 0 Å². The number of para-hydroxylation sites is 2. The lowest BCUT2D eigenvalue weighted by Gasteiger charge is -2.20. The number of aromatic nitrogens is 14. The number of hydrogen-bond donors (Lipinski definition) is 0. The van der Waals surface area contributed by atoms with Gasteiger partial charge in [-0.1, -0.05) is 26.0 Å². The van der Waals surface area contributed by atoms with Gasteiger partial charge in [-0.3, -0.25) is 18.5 Å². The Morgan fingerprint density at radius 3 is 1.11 bits per heavy atom. The van der Waals surface area contributed by atoms with Gasteiger partial charge in [-0.05, 0) is 50.2 Å². The molecular weight excluding hydrogens is 979 g/mol. The zero-order valence-electron chi connectivity index (χ0n) is 40.9. The lowest BCUT2D eigenvalue weighted by Crippen LogP contribution is -2.27. The summed E-state index contributed by atoms with van der Waals surface area (Å²) in [6.45, 7) is 6.50. The van der Waals surface area contributed by atoms with Crippen molar-refractivity contribution in [3.8, 4) is 57.4 Å². The summed E-state index contributed by atoms with van der Waals surface area (Å²) < 4.78 is 109. The molecule has 6 aromatic heterocycles. The fourth-order valence-electron chi connectivity index (χ4n) is 7.57. The molecule has 26 heteroatoms. The highest BCUT2D eigenvalue weighted by atomic mass is 32.2. The van der Waals surface area contributed by atoms with E-state index in [9.17, 15) is 25.6 Å². The molecule has 8 aromatic rings. The number of methoxy groups -OCH3 is 4. The Morgan fingerprint density at radius 2 is 0.833 bits per heavy atom. The minimum absolute atomic E-state index is 0.150. The molecule has 0 bridgehead atoms. The van der Waals surface area contributed by atoms with Crippen LogP contribution in [0.15, 0.2) is 85.7 Å². The van der Waals surface area contributed by atoms with Crippen LogP contribution in [0.1, 0.15) is 62.8 Å². The summed E-state index contributed by atoms with van der Waals surface area (Å²) in [5.74, 6) is -0.108. The number of nitrogens with zero attached hydrogens (tertiary/aromatic N) is 14. The van der Waals surface area contributed by atoms with Crippen molar-refractivity contribution in [2.24, 2.45) is 14.1 Å². The van der Waals surface area contributed by atoms with E-state index < -0.39 is 65.2 Å². The van der Waals surface area contributed by atoms with Crippen LogP contribution < -0.4 is 18.9 Å². The van der Waals surface area contributed by atoms with Gasteiger partial charge in [0.2, 0.25) is 0 Å². The summed E-state index contributed by atoms with van der Waals surface area (Å²) in [6, 6.07) is 13.9. The van der Waals surface area contributed by atoms with Gasteiger partial charge >= 0.3 is 0 Å². The number of halogens is 2. The number of rotatable bonds is 18. The molecule has 0 fully saturated rings. The highest BCUT2D eigenvalue weighted by Gasteiger charge is 2.35. The highest BCUT2D eigenvalue weighted by molar-refractivity contribution is 7.91. The van der Waals surface area contributed by atoms with Gasteiger partial charge in [-0.25, -0.2) is 45.6 Å². The third-order valence-electron chi connectivity index (χ3n) is 11.9. The Morgan fingerprint density at radius 1 is 0.514 bits per heavy atom. The number of hydrogen-bond acceptors (Lipinski definition) is 18. The SMILES string of the molecule is COc1cccc(OC)c1-n1c(CS(=O)(=O)[C@@H](C)[C@H](C)c2ncc(F)cn2)nnc1-c1ccn(C)n1.COc1cccc(OC)c1-n1c(CS(=O)(=O)[C@H](C)[C@@H](C)c2ncc(F)cn2)nnc1-c1ccn(C)n1. The van der Waals surface area contributed by atoms with Crippen molar-refractivity contribution in [1.82, 2.24) is 69.0 Å².